The number of carbonyl (C=O) groups is 1. The highest BCUT2D eigenvalue weighted by atomic mass is 79.9. The van der Waals surface area contributed by atoms with E-state index in [9.17, 15) is 4.79 Å². The summed E-state index contributed by atoms with van der Waals surface area (Å²) < 4.78 is 7.19. The number of carbonyl (C=O) groups excluding carboxylic acids is 1. The quantitative estimate of drug-likeness (QED) is 0.557. The minimum atomic E-state index is -0.429. The summed E-state index contributed by atoms with van der Waals surface area (Å²) in [6, 6.07) is 5.35. The molecule has 0 unspecified atom stereocenters. The number of rotatable bonds is 4. The van der Waals surface area contributed by atoms with Gasteiger partial charge in [0.05, 0.1) is 19.3 Å². The third-order valence-corrected chi connectivity index (χ3v) is 4.25. The van der Waals surface area contributed by atoms with Crippen molar-refractivity contribution in [3.63, 3.8) is 0 Å². The van der Waals surface area contributed by atoms with E-state index < -0.39 is 5.97 Å². The summed E-state index contributed by atoms with van der Waals surface area (Å²) in [6.07, 6.45) is 3.00. The topological polar surface area (TPSA) is 44.1 Å². The number of esters is 1. The van der Waals surface area contributed by atoms with Crippen molar-refractivity contribution in [3.05, 3.63) is 56.0 Å². The normalized spacial score (nSPS) is 11.1. The molecule has 0 aliphatic carbocycles. The molecule has 0 atom stereocenters. The van der Waals surface area contributed by atoms with E-state index in [0.717, 1.165) is 17.1 Å². The molecule has 0 aliphatic heterocycles. The summed E-state index contributed by atoms with van der Waals surface area (Å²) in [7, 11) is 1.33. The Morgan fingerprint density at radius 3 is 2.82 bits per heavy atom. The molecule has 0 N–H and O–H groups in total. The summed E-state index contributed by atoms with van der Waals surface area (Å²) in [5, 5.41) is 1.17. The lowest BCUT2D eigenvalue weighted by atomic mass is 10.2. The van der Waals surface area contributed by atoms with E-state index in [1.807, 2.05) is 17.6 Å². The number of methoxy groups -OCH3 is 1. The third-order valence-electron chi connectivity index (χ3n) is 3.07. The van der Waals surface area contributed by atoms with Crippen LogP contribution in [-0.2, 0) is 16.1 Å². The van der Waals surface area contributed by atoms with E-state index in [1.165, 1.54) is 13.2 Å². The highest BCUT2D eigenvalue weighted by Crippen LogP contribution is 2.25. The number of ether oxygens (including phenoxy) is 1. The Bertz CT molecular complexity index is 741. The molecule has 0 radical (unpaired) electrons. The van der Waals surface area contributed by atoms with Crippen molar-refractivity contribution in [1.82, 2.24) is 9.55 Å². The van der Waals surface area contributed by atoms with Crippen LogP contribution in [0.4, 0.5) is 0 Å². The van der Waals surface area contributed by atoms with E-state index in [4.69, 9.17) is 23.2 Å². The van der Waals surface area contributed by atoms with Gasteiger partial charge in [-0.05, 0) is 46.6 Å². The molecule has 2 aromatic rings. The van der Waals surface area contributed by atoms with Gasteiger partial charge in [-0.15, -0.1) is 0 Å². The van der Waals surface area contributed by atoms with Gasteiger partial charge < -0.3 is 9.30 Å². The molecule has 116 valence electrons. The molecule has 7 heteroatoms. The van der Waals surface area contributed by atoms with Gasteiger partial charge in [-0.3, -0.25) is 0 Å². The van der Waals surface area contributed by atoms with Gasteiger partial charge in [0.2, 0.25) is 0 Å². The lowest BCUT2D eigenvalue weighted by Crippen LogP contribution is -2.05. The zero-order valence-corrected chi connectivity index (χ0v) is 15.0. The van der Waals surface area contributed by atoms with Gasteiger partial charge in [-0.25, -0.2) is 9.78 Å². The first-order valence-electron chi connectivity index (χ1n) is 6.35. The molecule has 0 spiro atoms. The van der Waals surface area contributed by atoms with E-state index in [0.29, 0.717) is 21.2 Å². The van der Waals surface area contributed by atoms with Gasteiger partial charge in [-0.2, -0.15) is 0 Å². The number of aromatic nitrogens is 2. The van der Waals surface area contributed by atoms with Gasteiger partial charge in [0.25, 0.3) is 0 Å². The van der Waals surface area contributed by atoms with Gasteiger partial charge >= 0.3 is 5.97 Å². The summed E-state index contributed by atoms with van der Waals surface area (Å²) in [4.78, 5) is 15.6. The smallest absolute Gasteiger partial charge is 0.330 e. The van der Waals surface area contributed by atoms with Crippen LogP contribution in [0.2, 0.25) is 10.0 Å². The first kappa shape index (κ1) is 17.1. The Morgan fingerprint density at radius 1 is 1.45 bits per heavy atom. The number of nitrogens with zero attached hydrogens (tertiary/aromatic N) is 2. The average molecular weight is 404 g/mol. The fourth-order valence-corrected chi connectivity index (χ4v) is 3.01. The Balaban J connectivity index is 2.38. The van der Waals surface area contributed by atoms with Crippen LogP contribution in [0.15, 0.2) is 28.9 Å². The van der Waals surface area contributed by atoms with Crippen LogP contribution >= 0.6 is 39.1 Å². The van der Waals surface area contributed by atoms with Gasteiger partial charge in [-0.1, -0.05) is 29.3 Å². The van der Waals surface area contributed by atoms with Crippen molar-refractivity contribution in [2.45, 2.75) is 13.5 Å². The highest BCUT2D eigenvalue weighted by Gasteiger charge is 2.13. The fraction of sp³-hybridized carbons (Fsp3) is 0.200. The van der Waals surface area contributed by atoms with Crippen molar-refractivity contribution in [2.75, 3.05) is 7.11 Å². The molecule has 0 fully saturated rings. The van der Waals surface area contributed by atoms with E-state index in [2.05, 4.69) is 25.7 Å². The second-order valence-electron chi connectivity index (χ2n) is 4.51. The molecule has 22 heavy (non-hydrogen) atoms. The van der Waals surface area contributed by atoms with Crippen molar-refractivity contribution in [2.24, 2.45) is 0 Å². The Labute approximate surface area is 146 Å². The summed E-state index contributed by atoms with van der Waals surface area (Å²) in [5.74, 6) is 0.365. The minimum Gasteiger partial charge on any atom is -0.466 e. The molecule has 1 aromatic carbocycles. The predicted molar refractivity (Wildman–Crippen MR) is 91.3 cm³/mol. The summed E-state index contributed by atoms with van der Waals surface area (Å²) >= 11 is 15.5. The monoisotopic (exact) mass is 402 g/mol. The summed E-state index contributed by atoms with van der Waals surface area (Å²) in [5.41, 5.74) is 1.67. The number of benzene rings is 1. The molecule has 2 rings (SSSR count). The zero-order valence-electron chi connectivity index (χ0n) is 11.9. The predicted octanol–water partition coefficient (Wildman–Crippen LogP) is 4.50. The second-order valence-corrected chi connectivity index (χ2v) is 6.11. The zero-order chi connectivity index (χ0) is 16.3. The minimum absolute atomic E-state index is 0.429. The fourth-order valence-electron chi connectivity index (χ4n) is 1.94. The van der Waals surface area contributed by atoms with Crippen LogP contribution in [-0.4, -0.2) is 22.6 Å². The molecule has 4 nitrogen and oxygen atoms in total. The molecule has 0 saturated heterocycles. The van der Waals surface area contributed by atoms with Crippen molar-refractivity contribution in [1.29, 1.82) is 0 Å². The van der Waals surface area contributed by atoms with Crippen molar-refractivity contribution in [3.8, 4) is 0 Å². The van der Waals surface area contributed by atoms with Crippen LogP contribution in [0, 0.1) is 6.92 Å². The molecule has 0 aliphatic rings. The number of imidazole rings is 1. The standard InChI is InChI=1S/C15H13BrCl2N2O2/c1-9-19-15(16)13(5-6-14(21)22-2)20(9)8-10-3-4-11(17)7-12(10)18/h3-7H,8H2,1-2H3/b6-5+. The molecule has 0 saturated carbocycles. The first-order chi connectivity index (χ1) is 10.4. The Hall–Kier alpha value is -1.30. The van der Waals surface area contributed by atoms with Crippen LogP contribution < -0.4 is 0 Å². The maximum atomic E-state index is 11.3. The van der Waals surface area contributed by atoms with Crippen molar-refractivity contribution < 1.29 is 9.53 Å². The maximum absolute atomic E-state index is 11.3. The molecular formula is C15H13BrCl2N2O2. The average Bonchev–Trinajstić information content (AvgIpc) is 2.73. The lowest BCUT2D eigenvalue weighted by molar-refractivity contribution is -0.134. The molecule has 0 bridgehead atoms. The number of hydrogen-bond acceptors (Lipinski definition) is 3. The maximum Gasteiger partial charge on any atom is 0.330 e. The van der Waals surface area contributed by atoms with Gasteiger partial charge in [0, 0.05) is 16.1 Å². The molecule has 1 aromatic heterocycles. The second kappa shape index (κ2) is 7.31. The van der Waals surface area contributed by atoms with Crippen LogP contribution in [0.5, 0.6) is 0 Å². The number of halogens is 3. The number of aryl methyl sites for hydroxylation is 1. The SMILES string of the molecule is COC(=O)/C=C/c1c(Br)nc(C)n1Cc1ccc(Cl)cc1Cl. The molecular weight excluding hydrogens is 391 g/mol. The largest absolute Gasteiger partial charge is 0.466 e. The number of hydrogen-bond donors (Lipinski definition) is 0. The molecule has 1 heterocycles. The summed E-state index contributed by atoms with van der Waals surface area (Å²) in [6.45, 7) is 2.39. The Morgan fingerprint density at radius 2 is 2.18 bits per heavy atom. The van der Waals surface area contributed by atoms with E-state index in [-0.39, 0.29) is 0 Å². The third kappa shape index (κ3) is 3.91. The first-order valence-corrected chi connectivity index (χ1v) is 7.90. The highest BCUT2D eigenvalue weighted by molar-refractivity contribution is 9.10. The van der Waals surface area contributed by atoms with Gasteiger partial charge in [0.1, 0.15) is 10.4 Å². The lowest BCUT2D eigenvalue weighted by Gasteiger charge is -2.10. The van der Waals surface area contributed by atoms with Crippen molar-refractivity contribution >= 4 is 51.2 Å². The molecule has 0 amide bonds. The van der Waals surface area contributed by atoms with Gasteiger partial charge in [0.15, 0.2) is 0 Å². The Kier molecular flexibility index (Phi) is 5.67. The van der Waals surface area contributed by atoms with E-state index in [1.54, 1.807) is 18.2 Å². The van der Waals surface area contributed by atoms with Crippen LogP contribution in [0.25, 0.3) is 6.08 Å². The van der Waals surface area contributed by atoms with Crippen LogP contribution in [0.1, 0.15) is 17.1 Å². The van der Waals surface area contributed by atoms with Crippen LogP contribution in [0.3, 0.4) is 0 Å². The van der Waals surface area contributed by atoms with E-state index >= 15 is 0 Å².